The molecule has 0 spiro atoms. The highest BCUT2D eigenvalue weighted by Crippen LogP contribution is 2.09. The molecule has 0 radical (unpaired) electrons. The van der Waals surface area contributed by atoms with Crippen molar-refractivity contribution in [2.75, 3.05) is 5.73 Å². The van der Waals surface area contributed by atoms with Crippen LogP contribution >= 0.6 is 0 Å². The summed E-state index contributed by atoms with van der Waals surface area (Å²) in [7, 11) is 0. The Hall–Kier alpha value is -1.91. The molecule has 0 fully saturated rings. The number of hydrogen-bond donors (Lipinski definition) is 1. The highest BCUT2D eigenvalue weighted by molar-refractivity contribution is 5.37. The average molecular weight is 175 g/mol. The zero-order valence-electron chi connectivity index (χ0n) is 7.18. The summed E-state index contributed by atoms with van der Waals surface area (Å²) in [6.45, 7) is 1.88. The second kappa shape index (κ2) is 2.85. The highest BCUT2D eigenvalue weighted by Gasteiger charge is 2.03. The second-order valence-electron chi connectivity index (χ2n) is 2.69. The molecule has 5 heteroatoms. The molecule has 2 heterocycles. The fraction of sp³-hybridized carbons (Fsp3) is 0.125. The molecule has 0 aliphatic rings. The molecule has 5 nitrogen and oxygen atoms in total. The van der Waals surface area contributed by atoms with Crippen molar-refractivity contribution in [1.29, 1.82) is 0 Å². The predicted molar refractivity (Wildman–Crippen MR) is 48.3 cm³/mol. The van der Waals surface area contributed by atoms with Crippen LogP contribution in [0.1, 0.15) is 5.69 Å². The molecule has 0 saturated carbocycles. The molecule has 0 saturated heterocycles. The summed E-state index contributed by atoms with van der Waals surface area (Å²) in [6.07, 6.45) is 4.82. The number of anilines is 1. The monoisotopic (exact) mass is 175 g/mol. The molecule has 13 heavy (non-hydrogen) atoms. The topological polar surface area (TPSA) is 69.6 Å². The van der Waals surface area contributed by atoms with Crippen molar-refractivity contribution in [2.45, 2.75) is 6.92 Å². The molecule has 2 aromatic rings. The molecule has 0 amide bonds. The van der Waals surface area contributed by atoms with Crippen molar-refractivity contribution >= 4 is 5.82 Å². The van der Waals surface area contributed by atoms with Gasteiger partial charge >= 0.3 is 0 Å². The lowest BCUT2D eigenvalue weighted by Crippen LogP contribution is -2.03. The number of nitrogen functional groups attached to an aromatic ring is 1. The van der Waals surface area contributed by atoms with E-state index in [1.807, 2.05) is 6.92 Å². The lowest BCUT2D eigenvalue weighted by molar-refractivity contribution is 0.833. The molecule has 0 aromatic carbocycles. The number of hydrogen-bond acceptors (Lipinski definition) is 4. The molecule has 0 aliphatic heterocycles. The van der Waals surface area contributed by atoms with Crippen molar-refractivity contribution in [2.24, 2.45) is 0 Å². The van der Waals surface area contributed by atoms with Gasteiger partial charge in [0.05, 0.1) is 11.9 Å². The van der Waals surface area contributed by atoms with E-state index in [9.17, 15) is 0 Å². The molecule has 2 rings (SSSR count). The minimum Gasteiger partial charge on any atom is -0.384 e. The Balaban J connectivity index is 2.53. The van der Waals surface area contributed by atoms with Gasteiger partial charge in [0, 0.05) is 18.5 Å². The maximum Gasteiger partial charge on any atom is 0.174 e. The van der Waals surface area contributed by atoms with E-state index in [2.05, 4.69) is 15.1 Å². The van der Waals surface area contributed by atoms with E-state index in [1.165, 1.54) is 0 Å². The van der Waals surface area contributed by atoms with E-state index in [-0.39, 0.29) is 0 Å². The minimum atomic E-state index is 0.568. The summed E-state index contributed by atoms with van der Waals surface area (Å²) in [5.41, 5.74) is 6.57. The van der Waals surface area contributed by atoms with Crippen LogP contribution in [0.4, 0.5) is 5.82 Å². The van der Waals surface area contributed by atoms with Crippen LogP contribution in [0.5, 0.6) is 0 Å². The van der Waals surface area contributed by atoms with E-state index in [1.54, 1.807) is 29.3 Å². The average Bonchev–Trinajstić information content (AvgIpc) is 2.47. The normalized spacial score (nSPS) is 10.2. The summed E-state index contributed by atoms with van der Waals surface area (Å²) in [5, 5.41) is 4.17. The molecule has 0 bridgehead atoms. The number of rotatable bonds is 1. The van der Waals surface area contributed by atoms with E-state index in [0.29, 0.717) is 11.6 Å². The van der Waals surface area contributed by atoms with Crippen molar-refractivity contribution in [3.05, 3.63) is 30.4 Å². The summed E-state index contributed by atoms with van der Waals surface area (Å²) in [4.78, 5) is 8.01. The molecule has 0 aliphatic carbocycles. The van der Waals surface area contributed by atoms with Gasteiger partial charge in [-0.25, -0.2) is 4.98 Å². The Morgan fingerprint density at radius 2 is 2.23 bits per heavy atom. The first-order chi connectivity index (χ1) is 6.27. The Kier molecular flexibility index (Phi) is 1.70. The molecule has 66 valence electrons. The lowest BCUT2D eigenvalue weighted by Gasteiger charge is -1.99. The first-order valence-electron chi connectivity index (χ1n) is 3.86. The van der Waals surface area contributed by atoms with Gasteiger partial charge in [-0.15, -0.1) is 0 Å². The van der Waals surface area contributed by atoms with Crippen LogP contribution < -0.4 is 5.73 Å². The number of aryl methyl sites for hydroxylation is 1. The third-order valence-corrected chi connectivity index (χ3v) is 1.63. The number of nitrogens with zero attached hydrogens (tertiary/aromatic N) is 4. The quantitative estimate of drug-likeness (QED) is 0.687. The maximum atomic E-state index is 5.71. The van der Waals surface area contributed by atoms with Crippen molar-refractivity contribution in [1.82, 2.24) is 19.7 Å². The molecular weight excluding hydrogens is 166 g/mol. The molecular formula is C8H9N5. The van der Waals surface area contributed by atoms with Gasteiger partial charge in [0.1, 0.15) is 5.82 Å². The molecule has 2 N–H and O–H groups in total. The Morgan fingerprint density at radius 3 is 2.77 bits per heavy atom. The smallest absolute Gasteiger partial charge is 0.174 e. The lowest BCUT2D eigenvalue weighted by atomic mass is 10.5. The van der Waals surface area contributed by atoms with Crippen LogP contribution in [0.2, 0.25) is 0 Å². The van der Waals surface area contributed by atoms with E-state index >= 15 is 0 Å². The SMILES string of the molecule is Cc1cc(N)n(-c2cnccn2)n1. The second-order valence-corrected chi connectivity index (χ2v) is 2.69. The van der Waals surface area contributed by atoms with Crippen LogP contribution in [0.15, 0.2) is 24.7 Å². The van der Waals surface area contributed by atoms with Crippen LogP contribution in [0, 0.1) is 6.92 Å². The number of aromatic nitrogens is 4. The number of nitrogens with two attached hydrogens (primary N) is 1. The fourth-order valence-electron chi connectivity index (χ4n) is 1.10. The first-order valence-corrected chi connectivity index (χ1v) is 3.86. The maximum absolute atomic E-state index is 5.71. The summed E-state index contributed by atoms with van der Waals surface area (Å²) < 4.78 is 1.56. The zero-order valence-corrected chi connectivity index (χ0v) is 7.18. The van der Waals surface area contributed by atoms with Gasteiger partial charge in [-0.05, 0) is 6.92 Å². The van der Waals surface area contributed by atoms with E-state index in [0.717, 1.165) is 5.69 Å². The van der Waals surface area contributed by atoms with Crippen molar-refractivity contribution < 1.29 is 0 Å². The predicted octanol–water partition coefficient (Wildman–Crippen LogP) is 0.553. The molecule has 0 atom stereocenters. The third-order valence-electron chi connectivity index (χ3n) is 1.63. The Labute approximate surface area is 75.2 Å². The summed E-state index contributed by atoms with van der Waals surface area (Å²) in [5.74, 6) is 1.20. The van der Waals surface area contributed by atoms with Crippen LogP contribution in [-0.4, -0.2) is 19.7 Å². The van der Waals surface area contributed by atoms with Gasteiger partial charge in [0.2, 0.25) is 0 Å². The molecule has 0 unspecified atom stereocenters. The fourth-order valence-corrected chi connectivity index (χ4v) is 1.10. The van der Waals surface area contributed by atoms with Gasteiger partial charge in [0.25, 0.3) is 0 Å². The van der Waals surface area contributed by atoms with E-state index < -0.39 is 0 Å². The van der Waals surface area contributed by atoms with Crippen LogP contribution in [0.25, 0.3) is 5.82 Å². The summed E-state index contributed by atoms with van der Waals surface area (Å²) in [6, 6.07) is 1.79. The molecule has 2 aromatic heterocycles. The first kappa shape index (κ1) is 7.72. The van der Waals surface area contributed by atoms with Crippen molar-refractivity contribution in [3.8, 4) is 5.82 Å². The van der Waals surface area contributed by atoms with E-state index in [4.69, 9.17) is 5.73 Å². The van der Waals surface area contributed by atoms with Crippen molar-refractivity contribution in [3.63, 3.8) is 0 Å². The van der Waals surface area contributed by atoms with Crippen LogP contribution in [0.3, 0.4) is 0 Å². The van der Waals surface area contributed by atoms with Gasteiger partial charge < -0.3 is 5.73 Å². The van der Waals surface area contributed by atoms with Gasteiger partial charge in [-0.2, -0.15) is 9.78 Å². The van der Waals surface area contributed by atoms with Crippen LogP contribution in [-0.2, 0) is 0 Å². The van der Waals surface area contributed by atoms with Gasteiger partial charge in [-0.1, -0.05) is 0 Å². The standard InChI is InChI=1S/C8H9N5/c1-6-4-7(9)13(12-6)8-5-10-2-3-11-8/h2-5H,9H2,1H3. The zero-order chi connectivity index (χ0) is 9.26. The largest absolute Gasteiger partial charge is 0.384 e. The Morgan fingerprint density at radius 1 is 1.38 bits per heavy atom. The highest BCUT2D eigenvalue weighted by atomic mass is 15.3. The van der Waals surface area contributed by atoms with Gasteiger partial charge in [-0.3, -0.25) is 4.98 Å². The van der Waals surface area contributed by atoms with Gasteiger partial charge in [0.15, 0.2) is 5.82 Å². The summed E-state index contributed by atoms with van der Waals surface area (Å²) >= 11 is 0. The third kappa shape index (κ3) is 1.35. The minimum absolute atomic E-state index is 0.568. The Bertz CT molecular complexity index is 406.